The first kappa shape index (κ1) is 17.7. The lowest BCUT2D eigenvalue weighted by Crippen LogP contribution is -2.50. The summed E-state index contributed by atoms with van der Waals surface area (Å²) in [6, 6.07) is 4.01. The normalized spacial score (nSPS) is 15.4. The van der Waals surface area contributed by atoms with Gasteiger partial charge in [0.1, 0.15) is 5.60 Å². The summed E-state index contributed by atoms with van der Waals surface area (Å²) >= 11 is 1.62. The summed E-state index contributed by atoms with van der Waals surface area (Å²) in [6.07, 6.45) is 1.53. The molecule has 0 aromatic carbocycles. The molecule has 142 valence electrons. The summed E-state index contributed by atoms with van der Waals surface area (Å²) in [5, 5.41) is 14.1. The Bertz CT molecular complexity index is 940. The van der Waals surface area contributed by atoms with Gasteiger partial charge in [0.2, 0.25) is 5.95 Å². The van der Waals surface area contributed by atoms with E-state index in [4.69, 9.17) is 4.74 Å². The molecule has 0 radical (unpaired) electrons. The maximum Gasteiger partial charge on any atom is 0.410 e. The van der Waals surface area contributed by atoms with Crippen LogP contribution < -0.4 is 4.90 Å². The highest BCUT2D eigenvalue weighted by molar-refractivity contribution is 7.13. The zero-order valence-electron chi connectivity index (χ0n) is 15.5. The second kappa shape index (κ2) is 6.76. The van der Waals surface area contributed by atoms with Crippen molar-refractivity contribution in [2.45, 2.75) is 26.4 Å². The van der Waals surface area contributed by atoms with Crippen LogP contribution in [0.15, 0.2) is 23.7 Å². The lowest BCUT2D eigenvalue weighted by Gasteiger charge is -2.35. The third-order valence-electron chi connectivity index (χ3n) is 4.21. The number of amides is 1. The Morgan fingerprint density at radius 2 is 2.00 bits per heavy atom. The van der Waals surface area contributed by atoms with Crippen LogP contribution in [0.2, 0.25) is 0 Å². The third-order valence-corrected chi connectivity index (χ3v) is 5.11. The zero-order chi connectivity index (χ0) is 19.0. The minimum Gasteiger partial charge on any atom is -0.444 e. The Morgan fingerprint density at radius 1 is 1.22 bits per heavy atom. The van der Waals surface area contributed by atoms with E-state index in [9.17, 15) is 4.79 Å². The molecule has 1 saturated heterocycles. The lowest BCUT2D eigenvalue weighted by atomic mass is 10.2. The molecular formula is C17H21N7O2S. The Balaban J connectivity index is 1.53. The van der Waals surface area contributed by atoms with E-state index in [1.807, 2.05) is 44.5 Å². The number of thiophene rings is 1. The van der Waals surface area contributed by atoms with E-state index in [0.29, 0.717) is 37.8 Å². The van der Waals surface area contributed by atoms with Gasteiger partial charge in [0.25, 0.3) is 0 Å². The van der Waals surface area contributed by atoms with E-state index in [1.54, 1.807) is 20.8 Å². The van der Waals surface area contributed by atoms with Crippen LogP contribution in [0.25, 0.3) is 16.1 Å². The highest BCUT2D eigenvalue weighted by Gasteiger charge is 2.27. The van der Waals surface area contributed by atoms with Crippen LogP contribution in [0.3, 0.4) is 0 Å². The number of aromatic nitrogens is 5. The van der Waals surface area contributed by atoms with Gasteiger partial charge < -0.3 is 14.5 Å². The molecule has 3 aromatic heterocycles. The SMILES string of the molecule is CC(C)(C)OC(=O)N1CCN(c2ncc(-c3cccs3)c3nnnn23)CC1. The van der Waals surface area contributed by atoms with Gasteiger partial charge in [-0.25, -0.2) is 9.78 Å². The quantitative estimate of drug-likeness (QED) is 0.666. The van der Waals surface area contributed by atoms with Crippen LogP contribution in [-0.2, 0) is 4.74 Å². The number of tetrazole rings is 1. The number of hydrogen-bond donors (Lipinski definition) is 0. The average Bonchev–Trinajstić information content (AvgIpc) is 3.31. The maximum absolute atomic E-state index is 12.2. The second-order valence-electron chi connectivity index (χ2n) is 7.32. The number of fused-ring (bicyclic) bond motifs is 1. The molecule has 9 nitrogen and oxygen atoms in total. The molecule has 1 amide bonds. The number of carbonyl (C=O) groups excluding carboxylic acids is 1. The van der Waals surface area contributed by atoms with E-state index < -0.39 is 5.60 Å². The van der Waals surface area contributed by atoms with Gasteiger partial charge in [0.05, 0.1) is 5.56 Å². The molecular weight excluding hydrogens is 366 g/mol. The van der Waals surface area contributed by atoms with Crippen LogP contribution >= 0.6 is 11.3 Å². The fourth-order valence-corrected chi connectivity index (χ4v) is 3.69. The molecule has 1 aliphatic heterocycles. The minimum absolute atomic E-state index is 0.282. The van der Waals surface area contributed by atoms with Gasteiger partial charge in [-0.05, 0) is 42.6 Å². The predicted molar refractivity (Wildman–Crippen MR) is 102 cm³/mol. The maximum atomic E-state index is 12.2. The van der Waals surface area contributed by atoms with E-state index in [0.717, 1.165) is 10.4 Å². The van der Waals surface area contributed by atoms with Crippen molar-refractivity contribution in [3.05, 3.63) is 23.7 Å². The minimum atomic E-state index is -0.494. The molecule has 0 atom stereocenters. The van der Waals surface area contributed by atoms with Crippen LogP contribution in [-0.4, -0.2) is 67.8 Å². The molecule has 0 spiro atoms. The van der Waals surface area contributed by atoms with Crippen LogP contribution in [0, 0.1) is 0 Å². The molecule has 1 aliphatic rings. The average molecular weight is 387 g/mol. The van der Waals surface area contributed by atoms with Crippen LogP contribution in [0.5, 0.6) is 0 Å². The highest BCUT2D eigenvalue weighted by atomic mass is 32.1. The Kier molecular flexibility index (Phi) is 4.42. The van der Waals surface area contributed by atoms with Crippen molar-refractivity contribution in [2.24, 2.45) is 0 Å². The Labute approximate surface area is 160 Å². The van der Waals surface area contributed by atoms with Gasteiger partial charge in [0.15, 0.2) is 5.65 Å². The highest BCUT2D eigenvalue weighted by Crippen LogP contribution is 2.28. The number of anilines is 1. The Morgan fingerprint density at radius 3 is 2.67 bits per heavy atom. The second-order valence-corrected chi connectivity index (χ2v) is 8.27. The zero-order valence-corrected chi connectivity index (χ0v) is 16.3. The van der Waals surface area contributed by atoms with Crippen molar-refractivity contribution in [3.8, 4) is 10.4 Å². The van der Waals surface area contributed by atoms with Gasteiger partial charge >= 0.3 is 6.09 Å². The summed E-state index contributed by atoms with van der Waals surface area (Å²) in [6.45, 7) is 8.01. The molecule has 0 bridgehead atoms. The van der Waals surface area contributed by atoms with Crippen molar-refractivity contribution in [1.82, 2.24) is 29.9 Å². The molecule has 27 heavy (non-hydrogen) atoms. The fraction of sp³-hybridized carbons (Fsp3) is 0.471. The Hall–Kier alpha value is -2.75. The summed E-state index contributed by atoms with van der Waals surface area (Å²) in [4.78, 5) is 21.7. The van der Waals surface area contributed by atoms with Crippen molar-refractivity contribution in [1.29, 1.82) is 0 Å². The smallest absolute Gasteiger partial charge is 0.410 e. The fourth-order valence-electron chi connectivity index (χ4n) is 2.96. The van der Waals surface area contributed by atoms with Crippen molar-refractivity contribution in [2.75, 3.05) is 31.1 Å². The van der Waals surface area contributed by atoms with E-state index in [-0.39, 0.29) is 6.09 Å². The summed E-state index contributed by atoms with van der Waals surface area (Å²) in [7, 11) is 0. The molecule has 0 unspecified atom stereocenters. The number of rotatable bonds is 2. The molecule has 3 aromatic rings. The van der Waals surface area contributed by atoms with Gasteiger partial charge in [-0.2, -0.15) is 4.52 Å². The van der Waals surface area contributed by atoms with Gasteiger partial charge in [0, 0.05) is 37.3 Å². The van der Waals surface area contributed by atoms with E-state index >= 15 is 0 Å². The molecule has 0 saturated carbocycles. The van der Waals surface area contributed by atoms with Crippen molar-refractivity contribution < 1.29 is 9.53 Å². The summed E-state index contributed by atoms with van der Waals surface area (Å²) in [5.41, 5.74) is 1.09. The first-order chi connectivity index (χ1) is 12.9. The molecule has 10 heteroatoms. The number of ether oxygens (including phenoxy) is 1. The molecule has 1 fully saturated rings. The third kappa shape index (κ3) is 3.57. The summed E-state index contributed by atoms with van der Waals surface area (Å²) < 4.78 is 7.11. The van der Waals surface area contributed by atoms with E-state index in [1.165, 1.54) is 0 Å². The summed E-state index contributed by atoms with van der Waals surface area (Å²) in [5.74, 6) is 0.680. The largest absolute Gasteiger partial charge is 0.444 e. The van der Waals surface area contributed by atoms with Crippen LogP contribution in [0.1, 0.15) is 20.8 Å². The van der Waals surface area contributed by atoms with Crippen molar-refractivity contribution in [3.63, 3.8) is 0 Å². The molecule has 4 rings (SSSR count). The van der Waals surface area contributed by atoms with Gasteiger partial charge in [-0.1, -0.05) is 6.07 Å². The number of carbonyl (C=O) groups is 1. The standard InChI is InChI=1S/C17H21N7O2S/c1-17(2,3)26-16(25)23-8-6-22(7-9-23)15-18-11-12(13-5-4-10-27-13)14-19-20-21-24(14)15/h4-5,10-11H,6-9H2,1-3H3. The monoisotopic (exact) mass is 387 g/mol. The first-order valence-electron chi connectivity index (χ1n) is 8.76. The predicted octanol–water partition coefficient (Wildman–Crippen LogP) is 2.30. The number of hydrogen-bond acceptors (Lipinski definition) is 8. The molecule has 0 aliphatic carbocycles. The number of piperazine rings is 1. The molecule has 0 N–H and O–H groups in total. The van der Waals surface area contributed by atoms with Gasteiger partial charge in [-0.15, -0.1) is 16.4 Å². The van der Waals surface area contributed by atoms with Crippen LogP contribution in [0.4, 0.5) is 10.7 Å². The topological polar surface area (TPSA) is 88.8 Å². The molecule has 4 heterocycles. The lowest BCUT2D eigenvalue weighted by molar-refractivity contribution is 0.0240. The van der Waals surface area contributed by atoms with E-state index in [2.05, 4.69) is 25.4 Å². The number of nitrogens with zero attached hydrogens (tertiary/aromatic N) is 7. The first-order valence-corrected chi connectivity index (χ1v) is 9.64. The van der Waals surface area contributed by atoms with Gasteiger partial charge in [-0.3, -0.25) is 0 Å². The van der Waals surface area contributed by atoms with Crippen molar-refractivity contribution >= 4 is 29.0 Å².